The Morgan fingerprint density at radius 1 is 1.11 bits per heavy atom. The van der Waals surface area contributed by atoms with E-state index >= 15 is 0 Å². The maximum atomic E-state index is 4.74. The molecule has 1 aliphatic rings. The summed E-state index contributed by atoms with van der Waals surface area (Å²) in [5.41, 5.74) is 10.4. The van der Waals surface area contributed by atoms with Crippen molar-refractivity contribution < 1.29 is 0 Å². The van der Waals surface area contributed by atoms with Crippen molar-refractivity contribution in [1.29, 1.82) is 0 Å². The van der Waals surface area contributed by atoms with Crippen LogP contribution < -0.4 is 5.32 Å². The minimum atomic E-state index is 0.338. The molecule has 0 bridgehead atoms. The van der Waals surface area contributed by atoms with E-state index in [1.54, 1.807) is 6.33 Å². The van der Waals surface area contributed by atoms with Crippen LogP contribution in [0.2, 0.25) is 0 Å². The van der Waals surface area contributed by atoms with Crippen molar-refractivity contribution in [1.82, 2.24) is 30.1 Å². The Bertz CT molecular complexity index is 1170. The predicted molar refractivity (Wildman–Crippen MR) is 110 cm³/mol. The van der Waals surface area contributed by atoms with Crippen molar-refractivity contribution in [2.24, 2.45) is 0 Å². The minimum Gasteiger partial charge on any atom is -0.312 e. The lowest BCUT2D eigenvalue weighted by molar-refractivity contribution is 0.644. The molecule has 1 aliphatic heterocycles. The van der Waals surface area contributed by atoms with Crippen molar-refractivity contribution in [3.63, 3.8) is 0 Å². The molecule has 1 aromatic carbocycles. The molecular formula is C22H24N6. The topological polar surface area (TPSA) is 70.9 Å². The third kappa shape index (κ3) is 2.72. The lowest BCUT2D eigenvalue weighted by Crippen LogP contribution is -2.23. The van der Waals surface area contributed by atoms with Crippen LogP contribution in [0.5, 0.6) is 0 Å². The Labute approximate surface area is 164 Å². The number of aromatic nitrogens is 5. The van der Waals surface area contributed by atoms with E-state index < -0.39 is 0 Å². The fourth-order valence-corrected chi connectivity index (χ4v) is 4.21. The molecule has 28 heavy (non-hydrogen) atoms. The molecule has 0 saturated heterocycles. The van der Waals surface area contributed by atoms with Crippen molar-refractivity contribution in [2.75, 3.05) is 6.54 Å². The molecule has 0 radical (unpaired) electrons. The summed E-state index contributed by atoms with van der Waals surface area (Å²) < 4.78 is 1.83. The zero-order valence-electron chi connectivity index (χ0n) is 16.5. The van der Waals surface area contributed by atoms with Gasteiger partial charge < -0.3 is 5.32 Å². The number of nitrogens with zero attached hydrogens (tertiary/aromatic N) is 4. The lowest BCUT2D eigenvalue weighted by Gasteiger charge is -2.18. The maximum absolute atomic E-state index is 4.74. The standard InChI is InChI=1S/C22H24N6/c1-13(2)19-20(16-5-4-15-6-7-23-10-17(15)9-16)26-27-21(19)18-8-14(3)22-24-12-25-28(22)11-18/h4-5,8-9,11-13,23H,6-7,10H2,1-3H3,(H,26,27). The van der Waals surface area contributed by atoms with Crippen LogP contribution in [0.15, 0.2) is 36.8 Å². The summed E-state index contributed by atoms with van der Waals surface area (Å²) in [5, 5.41) is 15.8. The molecule has 0 atom stereocenters. The smallest absolute Gasteiger partial charge is 0.158 e. The zero-order chi connectivity index (χ0) is 19.3. The summed E-state index contributed by atoms with van der Waals surface area (Å²) in [5.74, 6) is 0.338. The highest BCUT2D eigenvalue weighted by Crippen LogP contribution is 2.36. The van der Waals surface area contributed by atoms with Crippen LogP contribution in [0, 0.1) is 6.92 Å². The van der Waals surface area contributed by atoms with Crippen molar-refractivity contribution in [3.05, 3.63) is 59.0 Å². The number of rotatable bonds is 3. The number of aryl methyl sites for hydroxylation is 1. The number of nitrogens with one attached hydrogen (secondary N) is 2. The number of H-pyrrole nitrogens is 1. The molecule has 4 aromatic rings. The normalized spacial score (nSPS) is 14.0. The second-order valence-corrected chi connectivity index (χ2v) is 7.87. The van der Waals surface area contributed by atoms with E-state index in [4.69, 9.17) is 5.10 Å². The van der Waals surface area contributed by atoms with E-state index in [0.717, 1.165) is 47.7 Å². The van der Waals surface area contributed by atoms with Gasteiger partial charge in [0, 0.05) is 29.4 Å². The van der Waals surface area contributed by atoms with Crippen molar-refractivity contribution >= 4 is 5.65 Å². The Kier molecular flexibility index (Phi) is 4.02. The van der Waals surface area contributed by atoms with Gasteiger partial charge in [-0.05, 0) is 54.6 Å². The number of fused-ring (bicyclic) bond motifs is 2. The van der Waals surface area contributed by atoms with Gasteiger partial charge in [-0.2, -0.15) is 10.2 Å². The summed E-state index contributed by atoms with van der Waals surface area (Å²) in [6.07, 6.45) is 4.71. The first-order chi connectivity index (χ1) is 13.6. The van der Waals surface area contributed by atoms with Gasteiger partial charge in [-0.15, -0.1) is 0 Å². The largest absolute Gasteiger partial charge is 0.312 e. The molecule has 3 aromatic heterocycles. The Morgan fingerprint density at radius 2 is 2.00 bits per heavy atom. The van der Waals surface area contributed by atoms with Gasteiger partial charge in [0.05, 0.1) is 11.4 Å². The summed E-state index contributed by atoms with van der Waals surface area (Å²) in [6.45, 7) is 8.49. The SMILES string of the molecule is Cc1cc(-c2[nH]nc(-c3ccc4c(c3)CNCC4)c2C(C)C)cn2ncnc12. The van der Waals surface area contributed by atoms with Crippen LogP contribution in [-0.4, -0.2) is 31.3 Å². The first kappa shape index (κ1) is 17.1. The van der Waals surface area contributed by atoms with Crippen molar-refractivity contribution in [3.8, 4) is 22.5 Å². The second-order valence-electron chi connectivity index (χ2n) is 7.87. The molecule has 6 heteroatoms. The number of benzene rings is 1. The monoisotopic (exact) mass is 372 g/mol. The average molecular weight is 372 g/mol. The third-order valence-corrected chi connectivity index (χ3v) is 5.60. The first-order valence-corrected chi connectivity index (χ1v) is 9.83. The van der Waals surface area contributed by atoms with Gasteiger partial charge in [-0.3, -0.25) is 5.10 Å². The molecule has 142 valence electrons. The van der Waals surface area contributed by atoms with E-state index in [9.17, 15) is 0 Å². The van der Waals surface area contributed by atoms with Gasteiger partial charge in [-0.25, -0.2) is 9.50 Å². The van der Waals surface area contributed by atoms with Gasteiger partial charge >= 0.3 is 0 Å². The summed E-state index contributed by atoms with van der Waals surface area (Å²) >= 11 is 0. The highest BCUT2D eigenvalue weighted by atomic mass is 15.3. The number of aromatic amines is 1. The van der Waals surface area contributed by atoms with Crippen LogP contribution in [0.3, 0.4) is 0 Å². The van der Waals surface area contributed by atoms with Gasteiger partial charge in [-0.1, -0.05) is 26.0 Å². The molecule has 5 rings (SSSR count). The highest BCUT2D eigenvalue weighted by molar-refractivity contribution is 5.76. The van der Waals surface area contributed by atoms with Gasteiger partial charge in [0.15, 0.2) is 5.65 Å². The molecular weight excluding hydrogens is 348 g/mol. The number of hydrogen-bond acceptors (Lipinski definition) is 4. The zero-order valence-corrected chi connectivity index (χ0v) is 16.5. The van der Waals surface area contributed by atoms with E-state index in [0.29, 0.717) is 5.92 Å². The van der Waals surface area contributed by atoms with Gasteiger partial charge in [0.1, 0.15) is 6.33 Å². The van der Waals surface area contributed by atoms with Crippen LogP contribution in [0.25, 0.3) is 28.2 Å². The Hall–Kier alpha value is -2.99. The van der Waals surface area contributed by atoms with Gasteiger partial charge in [0.2, 0.25) is 0 Å². The van der Waals surface area contributed by atoms with Gasteiger partial charge in [0.25, 0.3) is 0 Å². The van der Waals surface area contributed by atoms with Crippen LogP contribution in [0.1, 0.15) is 42.0 Å². The summed E-state index contributed by atoms with van der Waals surface area (Å²) in [4.78, 5) is 4.32. The predicted octanol–water partition coefficient (Wildman–Crippen LogP) is 3.86. The number of pyridine rings is 1. The van der Waals surface area contributed by atoms with E-state index in [1.807, 2.05) is 10.7 Å². The molecule has 0 unspecified atom stereocenters. The van der Waals surface area contributed by atoms with E-state index in [1.165, 1.54) is 22.3 Å². The maximum Gasteiger partial charge on any atom is 0.158 e. The molecule has 0 fully saturated rings. The average Bonchev–Trinajstić information content (AvgIpc) is 3.34. The van der Waals surface area contributed by atoms with E-state index in [2.05, 4.69) is 65.5 Å². The molecule has 0 aliphatic carbocycles. The molecule has 2 N–H and O–H groups in total. The number of hydrogen-bond donors (Lipinski definition) is 2. The third-order valence-electron chi connectivity index (χ3n) is 5.60. The van der Waals surface area contributed by atoms with Crippen LogP contribution in [0.4, 0.5) is 0 Å². The molecule has 6 nitrogen and oxygen atoms in total. The minimum absolute atomic E-state index is 0.338. The van der Waals surface area contributed by atoms with Crippen LogP contribution in [-0.2, 0) is 13.0 Å². The van der Waals surface area contributed by atoms with Crippen LogP contribution >= 0.6 is 0 Å². The Morgan fingerprint density at radius 3 is 2.86 bits per heavy atom. The summed E-state index contributed by atoms with van der Waals surface area (Å²) in [7, 11) is 0. The molecule has 4 heterocycles. The van der Waals surface area contributed by atoms with E-state index in [-0.39, 0.29) is 0 Å². The fraction of sp³-hybridized carbons (Fsp3) is 0.318. The second kappa shape index (κ2) is 6.56. The first-order valence-electron chi connectivity index (χ1n) is 9.83. The molecule has 0 spiro atoms. The highest BCUT2D eigenvalue weighted by Gasteiger charge is 2.21. The molecule has 0 amide bonds. The molecule has 0 saturated carbocycles. The lowest BCUT2D eigenvalue weighted by atomic mass is 9.91. The fourth-order valence-electron chi connectivity index (χ4n) is 4.21. The van der Waals surface area contributed by atoms with Crippen molar-refractivity contribution in [2.45, 2.75) is 39.7 Å². The summed E-state index contributed by atoms with van der Waals surface area (Å²) in [6, 6.07) is 8.92. The quantitative estimate of drug-likeness (QED) is 0.573. The Balaban J connectivity index is 1.66.